The number of esters is 2. The molecule has 1 aromatic rings. The number of carbonyl (C=O) groups excluding carboxylic acids is 2. The minimum absolute atomic E-state index is 0.0763. The van der Waals surface area contributed by atoms with Gasteiger partial charge in [0.2, 0.25) is 0 Å². The van der Waals surface area contributed by atoms with Crippen LogP contribution >= 0.6 is 0 Å². The first-order valence-electron chi connectivity index (χ1n) is 12.4. The van der Waals surface area contributed by atoms with Crippen molar-refractivity contribution in [3.8, 4) is 18.1 Å². The number of rotatable bonds is 9. The summed E-state index contributed by atoms with van der Waals surface area (Å²) in [5.74, 6) is 2.30. The van der Waals surface area contributed by atoms with Gasteiger partial charge >= 0.3 is 11.9 Å². The second kappa shape index (κ2) is 11.1. The van der Waals surface area contributed by atoms with E-state index in [1.807, 2.05) is 52.0 Å². The Morgan fingerprint density at radius 3 is 2.31 bits per heavy atom. The van der Waals surface area contributed by atoms with Gasteiger partial charge in [-0.1, -0.05) is 65.7 Å². The van der Waals surface area contributed by atoms with Crippen molar-refractivity contribution in [3.05, 3.63) is 28.6 Å². The van der Waals surface area contributed by atoms with Crippen LogP contribution in [0.3, 0.4) is 0 Å². The summed E-state index contributed by atoms with van der Waals surface area (Å²) in [6.45, 7) is 15.7. The zero-order valence-electron chi connectivity index (χ0n) is 23.1. The quantitative estimate of drug-likeness (QED) is 0.414. The van der Waals surface area contributed by atoms with E-state index in [2.05, 4.69) is 26.7 Å². The van der Waals surface area contributed by atoms with Crippen molar-refractivity contribution >= 4 is 24.1 Å². The third-order valence-electron chi connectivity index (χ3n) is 6.87. The summed E-state index contributed by atoms with van der Waals surface area (Å²) in [6, 6.07) is 5.57. The van der Waals surface area contributed by atoms with Gasteiger partial charge in [-0.3, -0.25) is 9.59 Å². The number of hydrogen-bond acceptors (Lipinski definition) is 6. The maximum atomic E-state index is 13.1. The van der Waals surface area contributed by atoms with Crippen molar-refractivity contribution in [2.24, 2.45) is 21.7 Å². The number of aliphatic hydroxyl groups is 1. The number of carbonyl (C=O) groups is 2. The molecule has 0 aromatic heterocycles. The molecule has 1 aliphatic carbocycles. The number of fused-ring (bicyclic) bond motifs is 1. The lowest BCUT2D eigenvalue weighted by atomic mass is 9.61. The van der Waals surface area contributed by atoms with Crippen LogP contribution in [0.2, 0.25) is 0 Å². The van der Waals surface area contributed by atoms with Crippen LogP contribution in [-0.2, 0) is 19.1 Å². The summed E-state index contributed by atoms with van der Waals surface area (Å²) < 4.78 is 16.4. The molecule has 1 aliphatic rings. The second-order valence-corrected chi connectivity index (χ2v) is 12.4. The standard InChI is InChI=1S/C30H42O6/c1-10-15-34-24-12-11-22-17-29(8,14-13-21(22)16-24)25(32)35-18-23(31)19-36-26(33)30(9,28(5,6)7)20-27(2,3)4/h1,11-13,16-17,23,31H,14-15,18-20H2,2-9H3. The summed E-state index contributed by atoms with van der Waals surface area (Å²) in [4.78, 5) is 25.9. The van der Waals surface area contributed by atoms with Gasteiger partial charge in [-0.05, 0) is 60.1 Å². The van der Waals surface area contributed by atoms with Crippen LogP contribution in [0.5, 0.6) is 5.75 Å². The molecule has 0 amide bonds. The average molecular weight is 499 g/mol. The number of terminal acetylenes is 1. The highest BCUT2D eigenvalue weighted by atomic mass is 16.6. The molecule has 3 unspecified atom stereocenters. The zero-order chi connectivity index (χ0) is 27.4. The van der Waals surface area contributed by atoms with E-state index in [-0.39, 0.29) is 36.6 Å². The van der Waals surface area contributed by atoms with Crippen LogP contribution < -0.4 is 15.2 Å². The number of aliphatic hydroxyl groups excluding tert-OH is 1. The lowest BCUT2D eigenvalue weighted by Crippen LogP contribution is -2.45. The molecule has 1 aromatic carbocycles. The van der Waals surface area contributed by atoms with Crippen LogP contribution in [0.25, 0.3) is 12.2 Å². The molecular weight excluding hydrogens is 456 g/mol. The molecule has 0 saturated carbocycles. The van der Waals surface area contributed by atoms with E-state index >= 15 is 0 Å². The Labute approximate surface area is 215 Å². The number of ether oxygens (including phenoxy) is 3. The number of benzene rings is 1. The first kappa shape index (κ1) is 29.5. The van der Waals surface area contributed by atoms with Gasteiger partial charge in [0.05, 0.1) is 10.8 Å². The third kappa shape index (κ3) is 7.36. The van der Waals surface area contributed by atoms with Gasteiger partial charge in [0.25, 0.3) is 0 Å². The predicted octanol–water partition coefficient (Wildman–Crippen LogP) is 3.61. The topological polar surface area (TPSA) is 82.1 Å². The highest BCUT2D eigenvalue weighted by Crippen LogP contribution is 2.47. The van der Waals surface area contributed by atoms with Gasteiger partial charge in [-0.25, -0.2) is 0 Å². The van der Waals surface area contributed by atoms with Crippen molar-refractivity contribution in [1.29, 1.82) is 0 Å². The Morgan fingerprint density at radius 2 is 1.72 bits per heavy atom. The van der Waals surface area contributed by atoms with Gasteiger partial charge in [0.15, 0.2) is 0 Å². The molecule has 36 heavy (non-hydrogen) atoms. The first-order valence-corrected chi connectivity index (χ1v) is 12.4. The molecule has 0 radical (unpaired) electrons. The molecule has 0 heterocycles. The summed E-state index contributed by atoms with van der Waals surface area (Å²) >= 11 is 0. The third-order valence-corrected chi connectivity index (χ3v) is 6.87. The Balaban J connectivity index is 1.98. The molecule has 6 nitrogen and oxygen atoms in total. The van der Waals surface area contributed by atoms with E-state index in [1.54, 1.807) is 13.0 Å². The van der Waals surface area contributed by atoms with E-state index in [9.17, 15) is 14.7 Å². The maximum absolute atomic E-state index is 13.1. The van der Waals surface area contributed by atoms with Crippen molar-refractivity contribution in [1.82, 2.24) is 0 Å². The lowest BCUT2D eigenvalue weighted by Gasteiger charge is -2.43. The van der Waals surface area contributed by atoms with Gasteiger partial charge in [-0.15, -0.1) is 6.42 Å². The van der Waals surface area contributed by atoms with E-state index in [4.69, 9.17) is 20.6 Å². The largest absolute Gasteiger partial charge is 0.481 e. The van der Waals surface area contributed by atoms with Crippen LogP contribution in [0.1, 0.15) is 68.2 Å². The average Bonchev–Trinajstić information content (AvgIpc) is 2.77. The minimum atomic E-state index is -1.11. The molecular formula is C30H42O6. The normalized spacial score (nSPS) is 19.9. The minimum Gasteiger partial charge on any atom is -0.481 e. The van der Waals surface area contributed by atoms with Crippen LogP contribution in [-0.4, -0.2) is 43.0 Å². The fourth-order valence-electron chi connectivity index (χ4n) is 4.36. The summed E-state index contributed by atoms with van der Waals surface area (Å²) in [6.07, 6.45) is 9.03. The first-order chi connectivity index (χ1) is 16.5. The summed E-state index contributed by atoms with van der Waals surface area (Å²) in [7, 11) is 0. The molecule has 1 N–H and O–H groups in total. The van der Waals surface area contributed by atoms with Crippen LogP contribution in [0.15, 0.2) is 18.2 Å². The van der Waals surface area contributed by atoms with Gasteiger partial charge < -0.3 is 19.3 Å². The van der Waals surface area contributed by atoms with Crippen molar-refractivity contribution in [2.75, 3.05) is 19.8 Å². The molecule has 198 valence electrons. The zero-order valence-corrected chi connectivity index (χ0v) is 23.1. The highest BCUT2D eigenvalue weighted by molar-refractivity contribution is 5.85. The molecule has 0 bridgehead atoms. The van der Waals surface area contributed by atoms with Gasteiger partial charge in [-0.2, -0.15) is 0 Å². The monoisotopic (exact) mass is 498 g/mol. The van der Waals surface area contributed by atoms with Gasteiger partial charge in [0.1, 0.15) is 31.7 Å². The smallest absolute Gasteiger partial charge is 0.316 e. The lowest BCUT2D eigenvalue weighted by molar-refractivity contribution is -0.170. The molecule has 0 aliphatic heterocycles. The van der Waals surface area contributed by atoms with E-state index < -0.39 is 22.9 Å². The molecule has 0 spiro atoms. The molecule has 6 heteroatoms. The van der Waals surface area contributed by atoms with E-state index in [1.165, 1.54) is 0 Å². The highest BCUT2D eigenvalue weighted by Gasteiger charge is 2.47. The Morgan fingerprint density at radius 1 is 1.08 bits per heavy atom. The fraction of sp³-hybridized carbons (Fsp3) is 0.600. The second-order valence-electron chi connectivity index (χ2n) is 12.4. The van der Waals surface area contributed by atoms with Crippen molar-refractivity contribution in [3.63, 3.8) is 0 Å². The van der Waals surface area contributed by atoms with Crippen molar-refractivity contribution in [2.45, 2.75) is 74.3 Å². The summed E-state index contributed by atoms with van der Waals surface area (Å²) in [5, 5.41) is 12.2. The molecule has 3 atom stereocenters. The van der Waals surface area contributed by atoms with Crippen LogP contribution in [0, 0.1) is 34.0 Å². The summed E-state index contributed by atoms with van der Waals surface area (Å²) in [5.41, 5.74) is -2.02. The molecule has 0 saturated heterocycles. The Hall–Kier alpha value is -2.78. The Bertz CT molecular complexity index is 1110. The predicted molar refractivity (Wildman–Crippen MR) is 141 cm³/mol. The van der Waals surface area contributed by atoms with Crippen molar-refractivity contribution < 1.29 is 28.9 Å². The molecule has 0 fully saturated rings. The van der Waals surface area contributed by atoms with E-state index in [0.717, 1.165) is 10.4 Å². The Kier molecular flexibility index (Phi) is 9.07. The fourth-order valence-corrected chi connectivity index (χ4v) is 4.36. The van der Waals surface area contributed by atoms with Gasteiger partial charge in [0, 0.05) is 0 Å². The maximum Gasteiger partial charge on any atom is 0.316 e. The SMILES string of the molecule is C#CCOc1ccc2c(c1)=CCC(C)(C(=O)OCC(O)COC(=O)C(C)(CC(C)(C)C)C(C)(C)C)C=2. The number of hydrogen-bond donors (Lipinski definition) is 1. The van der Waals surface area contributed by atoms with E-state index in [0.29, 0.717) is 18.6 Å². The molecule has 2 rings (SSSR count). The van der Waals surface area contributed by atoms with Crippen LogP contribution in [0.4, 0.5) is 0 Å².